The molecule has 1 heterocycles. The van der Waals surface area contributed by atoms with E-state index in [9.17, 15) is 18.0 Å². The fraction of sp³-hybridized carbons (Fsp3) is 0. The molecule has 0 atom stereocenters. The summed E-state index contributed by atoms with van der Waals surface area (Å²) in [6.07, 6.45) is 0. The van der Waals surface area contributed by atoms with Crippen LogP contribution >= 0.6 is 15.9 Å². The molecule has 1 aromatic heterocycles. The number of aromatic amines is 1. The first kappa shape index (κ1) is 13.8. The molecule has 0 aliphatic rings. The van der Waals surface area contributed by atoms with E-state index in [-0.39, 0.29) is 16.7 Å². The fourth-order valence-electron chi connectivity index (χ4n) is 1.94. The van der Waals surface area contributed by atoms with Crippen molar-refractivity contribution in [3.8, 4) is 11.4 Å². The maximum absolute atomic E-state index is 13.3. The average molecular weight is 355 g/mol. The molecule has 0 fully saturated rings. The molecule has 106 valence electrons. The van der Waals surface area contributed by atoms with Gasteiger partial charge in [-0.05, 0) is 40.2 Å². The Balaban J connectivity index is 2.30. The van der Waals surface area contributed by atoms with Gasteiger partial charge in [0.05, 0.1) is 10.9 Å². The van der Waals surface area contributed by atoms with Crippen LogP contribution in [0, 0.1) is 17.5 Å². The van der Waals surface area contributed by atoms with Gasteiger partial charge in [-0.3, -0.25) is 4.79 Å². The molecule has 0 bridgehead atoms. The Hall–Kier alpha value is -2.15. The Bertz CT molecular complexity index is 924. The number of rotatable bonds is 1. The van der Waals surface area contributed by atoms with E-state index in [0.717, 1.165) is 12.1 Å². The fourth-order valence-corrected chi connectivity index (χ4v) is 2.48. The lowest BCUT2D eigenvalue weighted by molar-refractivity contribution is 0.510. The summed E-state index contributed by atoms with van der Waals surface area (Å²) in [6, 6.07) is 5.48. The quantitative estimate of drug-likeness (QED) is 0.722. The van der Waals surface area contributed by atoms with E-state index in [1.807, 2.05) is 0 Å². The number of hydrogen-bond donors (Lipinski definition) is 1. The zero-order valence-corrected chi connectivity index (χ0v) is 11.8. The van der Waals surface area contributed by atoms with Crippen LogP contribution in [-0.2, 0) is 0 Å². The van der Waals surface area contributed by atoms with Crippen LogP contribution in [0.15, 0.2) is 39.6 Å². The predicted molar refractivity (Wildman–Crippen MR) is 75.4 cm³/mol. The highest BCUT2D eigenvalue weighted by Gasteiger charge is 2.12. The molecule has 0 saturated carbocycles. The number of H-pyrrole nitrogens is 1. The van der Waals surface area contributed by atoms with E-state index in [1.165, 1.54) is 18.2 Å². The summed E-state index contributed by atoms with van der Waals surface area (Å²) in [4.78, 5) is 18.5. The van der Waals surface area contributed by atoms with Crippen LogP contribution in [0.3, 0.4) is 0 Å². The van der Waals surface area contributed by atoms with Crippen molar-refractivity contribution in [3.05, 3.63) is 62.6 Å². The third kappa shape index (κ3) is 2.44. The molecule has 3 aromatic rings. The summed E-state index contributed by atoms with van der Waals surface area (Å²) in [5, 5.41) is -0.0594. The SMILES string of the molecule is O=c1[nH]c(-c2ccc(F)cc2Br)nc2cc(F)c(F)cc12. The molecule has 0 spiro atoms. The lowest BCUT2D eigenvalue weighted by atomic mass is 10.2. The molecule has 0 saturated heterocycles. The molecule has 0 aliphatic heterocycles. The first-order valence-electron chi connectivity index (χ1n) is 5.80. The molecule has 3 nitrogen and oxygen atoms in total. The monoisotopic (exact) mass is 354 g/mol. The molecule has 1 N–H and O–H groups in total. The molecular weight excluding hydrogens is 349 g/mol. The van der Waals surface area contributed by atoms with Crippen LogP contribution < -0.4 is 5.56 Å². The molecular formula is C14H6BrF3N2O. The van der Waals surface area contributed by atoms with Crippen LogP contribution in [0.5, 0.6) is 0 Å². The van der Waals surface area contributed by atoms with Crippen molar-refractivity contribution < 1.29 is 13.2 Å². The first-order valence-corrected chi connectivity index (χ1v) is 6.59. The minimum absolute atomic E-state index is 0.0175. The largest absolute Gasteiger partial charge is 0.306 e. The molecule has 2 aromatic carbocycles. The van der Waals surface area contributed by atoms with Gasteiger partial charge in [0.2, 0.25) is 0 Å². The van der Waals surface area contributed by atoms with Crippen LogP contribution in [0.1, 0.15) is 0 Å². The molecule has 0 unspecified atom stereocenters. The van der Waals surface area contributed by atoms with Gasteiger partial charge in [-0.15, -0.1) is 0 Å². The highest BCUT2D eigenvalue weighted by atomic mass is 79.9. The van der Waals surface area contributed by atoms with Gasteiger partial charge in [-0.25, -0.2) is 18.2 Å². The number of fused-ring (bicyclic) bond motifs is 1. The van der Waals surface area contributed by atoms with Gasteiger partial charge in [0.25, 0.3) is 5.56 Å². The topological polar surface area (TPSA) is 45.8 Å². The number of aromatic nitrogens is 2. The van der Waals surface area contributed by atoms with Crippen molar-refractivity contribution >= 4 is 26.8 Å². The van der Waals surface area contributed by atoms with Crippen LogP contribution in [0.4, 0.5) is 13.2 Å². The summed E-state index contributed by atoms with van der Waals surface area (Å²) in [7, 11) is 0. The molecule has 0 amide bonds. The minimum Gasteiger partial charge on any atom is -0.306 e. The standard InChI is InChI=1S/C14H6BrF3N2O/c15-9-3-6(16)1-2-7(9)13-19-12-5-11(18)10(17)4-8(12)14(21)20-13/h1-5H,(H,19,20,21). The summed E-state index contributed by atoms with van der Waals surface area (Å²) in [5.74, 6) is -2.54. The van der Waals surface area contributed by atoms with Gasteiger partial charge < -0.3 is 4.98 Å². The summed E-state index contributed by atoms with van der Waals surface area (Å²) >= 11 is 3.16. The zero-order chi connectivity index (χ0) is 15.1. The Morgan fingerprint density at radius 1 is 1.05 bits per heavy atom. The van der Waals surface area contributed by atoms with Crippen molar-refractivity contribution in [2.45, 2.75) is 0 Å². The summed E-state index contributed by atoms with van der Waals surface area (Å²) in [6.45, 7) is 0. The smallest absolute Gasteiger partial charge is 0.259 e. The molecule has 21 heavy (non-hydrogen) atoms. The Labute approximate surface area is 124 Å². The van der Waals surface area contributed by atoms with Crippen LogP contribution in [0.25, 0.3) is 22.3 Å². The number of nitrogens with zero attached hydrogens (tertiary/aromatic N) is 1. The van der Waals surface area contributed by atoms with E-state index >= 15 is 0 Å². The number of halogens is 4. The number of nitrogens with one attached hydrogen (secondary N) is 1. The highest BCUT2D eigenvalue weighted by Crippen LogP contribution is 2.26. The van der Waals surface area contributed by atoms with Gasteiger partial charge in [0.1, 0.15) is 11.6 Å². The Morgan fingerprint density at radius 3 is 2.48 bits per heavy atom. The number of benzene rings is 2. The Kier molecular flexibility index (Phi) is 3.29. The van der Waals surface area contributed by atoms with Gasteiger partial charge in [0, 0.05) is 16.1 Å². The van der Waals surface area contributed by atoms with E-state index in [4.69, 9.17) is 0 Å². The predicted octanol–water partition coefficient (Wildman–Crippen LogP) is 3.77. The lowest BCUT2D eigenvalue weighted by Gasteiger charge is -2.06. The second-order valence-corrected chi connectivity index (χ2v) is 5.18. The van der Waals surface area contributed by atoms with Crippen molar-refractivity contribution in [1.29, 1.82) is 0 Å². The molecule has 0 radical (unpaired) electrons. The highest BCUT2D eigenvalue weighted by molar-refractivity contribution is 9.10. The van der Waals surface area contributed by atoms with Gasteiger partial charge in [-0.2, -0.15) is 0 Å². The third-order valence-electron chi connectivity index (χ3n) is 2.93. The van der Waals surface area contributed by atoms with Crippen molar-refractivity contribution in [2.75, 3.05) is 0 Å². The van der Waals surface area contributed by atoms with E-state index in [1.54, 1.807) is 0 Å². The van der Waals surface area contributed by atoms with Gasteiger partial charge in [-0.1, -0.05) is 0 Å². The Morgan fingerprint density at radius 2 is 1.76 bits per heavy atom. The molecule has 0 aliphatic carbocycles. The minimum atomic E-state index is -1.12. The molecule has 3 rings (SSSR count). The summed E-state index contributed by atoms with van der Waals surface area (Å²) in [5.41, 5.74) is -0.158. The average Bonchev–Trinajstić information content (AvgIpc) is 2.41. The van der Waals surface area contributed by atoms with Crippen molar-refractivity contribution in [2.24, 2.45) is 0 Å². The summed E-state index contributed by atoms with van der Waals surface area (Å²) < 4.78 is 39.9. The van der Waals surface area contributed by atoms with Crippen LogP contribution in [-0.4, -0.2) is 9.97 Å². The van der Waals surface area contributed by atoms with E-state index in [2.05, 4.69) is 25.9 Å². The first-order chi connectivity index (χ1) is 9.95. The van der Waals surface area contributed by atoms with Gasteiger partial charge >= 0.3 is 0 Å². The second kappa shape index (κ2) is 5.00. The lowest BCUT2D eigenvalue weighted by Crippen LogP contribution is -2.10. The maximum atomic E-state index is 13.3. The third-order valence-corrected chi connectivity index (χ3v) is 3.59. The van der Waals surface area contributed by atoms with Crippen molar-refractivity contribution in [1.82, 2.24) is 9.97 Å². The van der Waals surface area contributed by atoms with Gasteiger partial charge in [0.15, 0.2) is 11.6 Å². The van der Waals surface area contributed by atoms with E-state index in [0.29, 0.717) is 10.0 Å². The normalized spacial score (nSPS) is 11.0. The maximum Gasteiger partial charge on any atom is 0.259 e. The zero-order valence-electron chi connectivity index (χ0n) is 10.3. The number of hydrogen-bond acceptors (Lipinski definition) is 2. The van der Waals surface area contributed by atoms with Crippen LogP contribution in [0.2, 0.25) is 0 Å². The second-order valence-electron chi connectivity index (χ2n) is 4.32. The van der Waals surface area contributed by atoms with E-state index < -0.39 is 23.0 Å². The van der Waals surface area contributed by atoms with Crippen molar-refractivity contribution in [3.63, 3.8) is 0 Å². The molecule has 7 heteroatoms.